The second-order valence-electron chi connectivity index (χ2n) is 4.42. The Hall–Kier alpha value is -3.08. The normalized spacial score (nSPS) is 11.2. The van der Waals surface area contributed by atoms with Crippen LogP contribution in [0, 0.1) is 0 Å². The Kier molecular flexibility index (Phi) is 3.16. The lowest BCUT2D eigenvalue weighted by Gasteiger charge is -2.04. The van der Waals surface area contributed by atoms with Crippen LogP contribution in [-0.4, -0.2) is 21.2 Å². The van der Waals surface area contributed by atoms with Crippen molar-refractivity contribution < 1.29 is 19.4 Å². The van der Waals surface area contributed by atoms with Gasteiger partial charge in [0.25, 0.3) is 0 Å². The lowest BCUT2D eigenvalue weighted by atomic mass is 10.1. The smallest absolute Gasteiger partial charge is 0.339 e. The monoisotopic (exact) mass is 281 g/mol. The highest BCUT2D eigenvalue weighted by Gasteiger charge is 2.13. The van der Waals surface area contributed by atoms with Crippen molar-refractivity contribution in [3.63, 3.8) is 0 Å². The molecule has 0 saturated carbocycles. The number of aromatic hydroxyl groups is 1. The van der Waals surface area contributed by atoms with E-state index >= 15 is 0 Å². The fourth-order valence-corrected chi connectivity index (χ4v) is 2.01. The Labute approximate surface area is 119 Å². The summed E-state index contributed by atoms with van der Waals surface area (Å²) < 4.78 is 5.18. The number of benzene rings is 1. The number of pyridine rings is 1. The van der Waals surface area contributed by atoms with E-state index in [9.17, 15) is 9.90 Å². The molecule has 2 heterocycles. The maximum Gasteiger partial charge on any atom is 0.339 e. The number of hydrogen-bond donors (Lipinski definition) is 2. The van der Waals surface area contributed by atoms with Crippen LogP contribution in [0.5, 0.6) is 5.75 Å². The Morgan fingerprint density at radius 1 is 1.14 bits per heavy atom. The van der Waals surface area contributed by atoms with Crippen LogP contribution in [0.3, 0.4) is 0 Å². The largest absolute Gasteiger partial charge is 0.505 e. The summed E-state index contributed by atoms with van der Waals surface area (Å²) >= 11 is 0. The van der Waals surface area contributed by atoms with E-state index in [1.165, 1.54) is 6.07 Å². The van der Waals surface area contributed by atoms with Crippen LogP contribution in [0.4, 0.5) is 0 Å². The summed E-state index contributed by atoms with van der Waals surface area (Å²) in [5, 5.41) is 19.7. The van der Waals surface area contributed by atoms with Gasteiger partial charge in [0.2, 0.25) is 0 Å². The Morgan fingerprint density at radius 2 is 1.95 bits per heavy atom. The van der Waals surface area contributed by atoms with Crippen molar-refractivity contribution in [2.75, 3.05) is 0 Å². The first-order valence-electron chi connectivity index (χ1n) is 6.23. The van der Waals surface area contributed by atoms with Crippen molar-refractivity contribution in [3.8, 4) is 5.75 Å². The molecule has 5 heteroatoms. The second-order valence-corrected chi connectivity index (χ2v) is 4.42. The van der Waals surface area contributed by atoms with Crippen molar-refractivity contribution in [2.45, 2.75) is 0 Å². The Morgan fingerprint density at radius 3 is 2.67 bits per heavy atom. The highest BCUT2D eigenvalue weighted by Crippen LogP contribution is 2.27. The molecule has 21 heavy (non-hydrogen) atoms. The number of nitrogens with zero attached hydrogens (tertiary/aromatic N) is 1. The SMILES string of the molecule is O=C(O)c1ccc2ccc(/C=C/c3ccco3)nc2c1O. The van der Waals surface area contributed by atoms with Gasteiger partial charge in [-0.1, -0.05) is 12.1 Å². The number of hydrogen-bond acceptors (Lipinski definition) is 4. The summed E-state index contributed by atoms with van der Waals surface area (Å²) in [5.74, 6) is -0.832. The van der Waals surface area contributed by atoms with Crippen LogP contribution < -0.4 is 0 Å². The summed E-state index contributed by atoms with van der Waals surface area (Å²) in [6.45, 7) is 0. The molecular weight excluding hydrogens is 270 g/mol. The number of carbonyl (C=O) groups is 1. The van der Waals surface area contributed by atoms with Crippen molar-refractivity contribution in [2.24, 2.45) is 0 Å². The molecule has 0 unspecified atom stereocenters. The first-order chi connectivity index (χ1) is 10.1. The molecular formula is C16H11NO4. The third-order valence-electron chi connectivity index (χ3n) is 3.05. The quantitative estimate of drug-likeness (QED) is 0.768. The summed E-state index contributed by atoms with van der Waals surface area (Å²) in [6, 6.07) is 10.1. The maximum atomic E-state index is 11.0. The van der Waals surface area contributed by atoms with E-state index in [1.54, 1.807) is 48.7 Å². The third kappa shape index (κ3) is 2.49. The van der Waals surface area contributed by atoms with Crippen LogP contribution in [-0.2, 0) is 0 Å². The summed E-state index contributed by atoms with van der Waals surface area (Å²) in [5.41, 5.74) is 0.690. The number of furan rings is 1. The van der Waals surface area contributed by atoms with Crippen molar-refractivity contribution >= 4 is 29.0 Å². The molecule has 3 aromatic rings. The number of rotatable bonds is 3. The van der Waals surface area contributed by atoms with E-state index in [0.717, 1.165) is 0 Å². The predicted octanol–water partition coefficient (Wildman–Crippen LogP) is 3.40. The minimum Gasteiger partial charge on any atom is -0.505 e. The molecule has 0 amide bonds. The number of aromatic carboxylic acids is 1. The molecule has 1 aromatic carbocycles. The van der Waals surface area contributed by atoms with Crippen molar-refractivity contribution in [1.29, 1.82) is 0 Å². The van der Waals surface area contributed by atoms with Gasteiger partial charge in [-0.3, -0.25) is 0 Å². The van der Waals surface area contributed by atoms with Crippen LogP contribution in [0.1, 0.15) is 21.8 Å². The number of carboxylic acid groups (broad SMARTS) is 1. The van der Waals surface area contributed by atoms with Gasteiger partial charge in [0.1, 0.15) is 16.8 Å². The van der Waals surface area contributed by atoms with E-state index in [0.29, 0.717) is 16.8 Å². The van der Waals surface area contributed by atoms with E-state index in [2.05, 4.69) is 4.98 Å². The molecule has 5 nitrogen and oxygen atoms in total. The molecule has 2 aromatic heterocycles. The first kappa shape index (κ1) is 12.9. The van der Waals surface area contributed by atoms with Gasteiger partial charge in [0.05, 0.1) is 12.0 Å². The second kappa shape index (κ2) is 5.13. The Bertz CT molecular complexity index is 835. The third-order valence-corrected chi connectivity index (χ3v) is 3.05. The van der Waals surface area contributed by atoms with Gasteiger partial charge < -0.3 is 14.6 Å². The van der Waals surface area contributed by atoms with E-state index in [4.69, 9.17) is 9.52 Å². The lowest BCUT2D eigenvalue weighted by Crippen LogP contribution is -1.97. The summed E-state index contributed by atoms with van der Waals surface area (Å²) in [6.07, 6.45) is 5.04. The van der Waals surface area contributed by atoms with Crippen LogP contribution in [0.25, 0.3) is 23.1 Å². The molecule has 0 fully saturated rings. The number of carboxylic acids is 1. The molecule has 0 spiro atoms. The van der Waals surface area contributed by atoms with Gasteiger partial charge in [0.15, 0.2) is 5.75 Å². The molecule has 0 aliphatic carbocycles. The topological polar surface area (TPSA) is 83.6 Å². The van der Waals surface area contributed by atoms with Crippen LogP contribution >= 0.6 is 0 Å². The zero-order chi connectivity index (χ0) is 14.8. The van der Waals surface area contributed by atoms with Gasteiger partial charge in [-0.25, -0.2) is 9.78 Å². The maximum absolute atomic E-state index is 11.0. The summed E-state index contributed by atoms with van der Waals surface area (Å²) in [4.78, 5) is 15.3. The van der Waals surface area contributed by atoms with Gasteiger partial charge in [-0.15, -0.1) is 0 Å². The molecule has 2 N–H and O–H groups in total. The van der Waals surface area contributed by atoms with E-state index in [-0.39, 0.29) is 16.8 Å². The zero-order valence-corrected chi connectivity index (χ0v) is 10.9. The summed E-state index contributed by atoms with van der Waals surface area (Å²) in [7, 11) is 0. The molecule has 0 atom stereocenters. The minimum atomic E-state index is -1.19. The van der Waals surface area contributed by atoms with Crippen LogP contribution in [0.15, 0.2) is 47.1 Å². The van der Waals surface area contributed by atoms with Gasteiger partial charge in [0, 0.05) is 5.39 Å². The molecule has 104 valence electrons. The number of aromatic nitrogens is 1. The zero-order valence-electron chi connectivity index (χ0n) is 10.9. The average molecular weight is 281 g/mol. The first-order valence-corrected chi connectivity index (χ1v) is 6.23. The molecule has 3 rings (SSSR count). The molecule has 0 aliphatic rings. The van der Waals surface area contributed by atoms with E-state index in [1.807, 2.05) is 0 Å². The standard InChI is InChI=1S/C16H11NO4/c18-15-13(16(19)20)8-4-10-3-5-11(17-14(10)15)6-7-12-2-1-9-21-12/h1-9,18H,(H,19,20)/b7-6+. The molecule has 0 bridgehead atoms. The van der Waals surface area contributed by atoms with Gasteiger partial charge in [-0.05, 0) is 36.4 Å². The molecule has 0 aliphatic heterocycles. The minimum absolute atomic E-state index is 0.165. The fourth-order valence-electron chi connectivity index (χ4n) is 2.01. The predicted molar refractivity (Wildman–Crippen MR) is 78.0 cm³/mol. The number of phenols is 1. The molecule has 0 saturated heterocycles. The average Bonchev–Trinajstić information content (AvgIpc) is 2.98. The van der Waals surface area contributed by atoms with E-state index < -0.39 is 5.97 Å². The molecule has 0 radical (unpaired) electrons. The highest BCUT2D eigenvalue weighted by atomic mass is 16.4. The highest BCUT2D eigenvalue weighted by molar-refractivity contribution is 5.99. The lowest BCUT2D eigenvalue weighted by molar-refractivity contribution is 0.0694. The van der Waals surface area contributed by atoms with Crippen molar-refractivity contribution in [3.05, 3.63) is 59.7 Å². The van der Waals surface area contributed by atoms with Gasteiger partial charge in [-0.2, -0.15) is 0 Å². The van der Waals surface area contributed by atoms with Gasteiger partial charge >= 0.3 is 5.97 Å². The van der Waals surface area contributed by atoms with Crippen molar-refractivity contribution in [1.82, 2.24) is 4.98 Å². The number of fused-ring (bicyclic) bond motifs is 1. The fraction of sp³-hybridized carbons (Fsp3) is 0. The van der Waals surface area contributed by atoms with Crippen LogP contribution in [0.2, 0.25) is 0 Å². The Balaban J connectivity index is 2.06.